The van der Waals surface area contributed by atoms with E-state index in [2.05, 4.69) is 12.6 Å². The highest BCUT2D eigenvalue weighted by atomic mass is 32.1. The zero-order chi connectivity index (χ0) is 11.7. The number of carbonyl (C=O) groups is 1. The smallest absolute Gasteiger partial charge is 0.227 e. The minimum atomic E-state index is 0.149. The molecule has 1 aliphatic rings. The van der Waals surface area contributed by atoms with E-state index in [9.17, 15) is 4.79 Å². The summed E-state index contributed by atoms with van der Waals surface area (Å²) in [7, 11) is 0. The van der Waals surface area contributed by atoms with E-state index in [0.717, 1.165) is 23.5 Å². The maximum absolute atomic E-state index is 11.8. The molecule has 1 aromatic carbocycles. The number of nitrogen functional groups attached to an aromatic ring is 1. The molecule has 1 saturated heterocycles. The first kappa shape index (κ1) is 11.3. The first-order chi connectivity index (χ1) is 7.61. The van der Waals surface area contributed by atoms with Gasteiger partial charge >= 0.3 is 0 Å². The number of hydrogen-bond acceptors (Lipinski definition) is 3. The number of carbonyl (C=O) groups excluding carboxylic acids is 1. The first-order valence-corrected chi connectivity index (χ1v) is 6.02. The van der Waals surface area contributed by atoms with E-state index in [1.165, 1.54) is 0 Å². The first-order valence-electron chi connectivity index (χ1n) is 5.39. The third-order valence-electron chi connectivity index (χ3n) is 2.94. The summed E-state index contributed by atoms with van der Waals surface area (Å²) in [6.45, 7) is 2.73. The van der Waals surface area contributed by atoms with E-state index in [4.69, 9.17) is 5.73 Å². The second-order valence-corrected chi connectivity index (χ2v) is 4.68. The molecule has 0 aliphatic carbocycles. The van der Waals surface area contributed by atoms with Gasteiger partial charge in [0.25, 0.3) is 0 Å². The molecule has 2 rings (SSSR count). The third-order valence-corrected chi connectivity index (χ3v) is 3.46. The van der Waals surface area contributed by atoms with Crippen molar-refractivity contribution in [2.45, 2.75) is 13.3 Å². The van der Waals surface area contributed by atoms with E-state index in [1.807, 2.05) is 25.1 Å². The molecule has 1 unspecified atom stereocenters. The Morgan fingerprint density at radius 2 is 2.31 bits per heavy atom. The predicted octanol–water partition coefficient (Wildman–Crippen LogP) is 1.86. The number of hydrogen-bond donors (Lipinski definition) is 2. The van der Waals surface area contributed by atoms with Gasteiger partial charge in [-0.3, -0.25) is 4.79 Å². The van der Waals surface area contributed by atoms with Gasteiger partial charge in [-0.05, 0) is 36.3 Å². The summed E-state index contributed by atoms with van der Waals surface area (Å²) in [6, 6.07) is 5.77. The van der Waals surface area contributed by atoms with Gasteiger partial charge in [0.15, 0.2) is 0 Å². The Bertz CT molecular complexity index is 419. The molecule has 1 heterocycles. The van der Waals surface area contributed by atoms with Crippen LogP contribution in [0, 0.1) is 12.8 Å². The number of aryl methyl sites for hydroxylation is 1. The number of anilines is 2. The number of nitrogens with zero attached hydrogens (tertiary/aromatic N) is 1. The van der Waals surface area contributed by atoms with Gasteiger partial charge in [-0.25, -0.2) is 0 Å². The molecular formula is C12H16N2OS. The Morgan fingerprint density at radius 1 is 1.56 bits per heavy atom. The second-order valence-electron chi connectivity index (χ2n) is 4.32. The average Bonchev–Trinajstić information content (AvgIpc) is 2.63. The Hall–Kier alpha value is -1.16. The van der Waals surface area contributed by atoms with Crippen molar-refractivity contribution in [1.29, 1.82) is 0 Å². The maximum Gasteiger partial charge on any atom is 0.227 e. The fraction of sp³-hybridized carbons (Fsp3) is 0.417. The fourth-order valence-corrected chi connectivity index (χ4v) is 2.27. The normalized spacial score (nSPS) is 20.5. The number of benzene rings is 1. The highest BCUT2D eigenvalue weighted by Gasteiger charge is 2.30. The van der Waals surface area contributed by atoms with Gasteiger partial charge in [0.2, 0.25) is 5.91 Å². The van der Waals surface area contributed by atoms with Crippen LogP contribution in [0.2, 0.25) is 0 Å². The summed E-state index contributed by atoms with van der Waals surface area (Å²) >= 11 is 4.25. The van der Waals surface area contributed by atoms with Crippen molar-refractivity contribution in [3.8, 4) is 0 Å². The molecule has 1 aliphatic heterocycles. The average molecular weight is 236 g/mol. The zero-order valence-corrected chi connectivity index (χ0v) is 10.2. The topological polar surface area (TPSA) is 46.3 Å². The van der Waals surface area contributed by atoms with Crippen LogP contribution in [0.15, 0.2) is 18.2 Å². The van der Waals surface area contributed by atoms with Gasteiger partial charge in [0.05, 0.1) is 11.4 Å². The van der Waals surface area contributed by atoms with Crippen LogP contribution in [0.1, 0.15) is 12.0 Å². The van der Waals surface area contributed by atoms with Gasteiger partial charge in [-0.2, -0.15) is 12.6 Å². The van der Waals surface area contributed by atoms with Crippen LogP contribution in [0.3, 0.4) is 0 Å². The predicted molar refractivity (Wildman–Crippen MR) is 69.9 cm³/mol. The SMILES string of the molecule is Cc1ccc(N)c(N2CC(CS)CC2=O)c1. The number of amides is 1. The lowest BCUT2D eigenvalue weighted by atomic mass is 10.1. The Morgan fingerprint density at radius 3 is 2.94 bits per heavy atom. The fourth-order valence-electron chi connectivity index (χ4n) is 2.02. The van der Waals surface area contributed by atoms with Crippen LogP contribution in [-0.4, -0.2) is 18.2 Å². The van der Waals surface area contributed by atoms with Crippen molar-refractivity contribution in [2.24, 2.45) is 5.92 Å². The van der Waals surface area contributed by atoms with Gasteiger partial charge in [-0.1, -0.05) is 6.07 Å². The summed E-state index contributed by atoms with van der Waals surface area (Å²) < 4.78 is 0. The molecule has 1 fully saturated rings. The standard InChI is InChI=1S/C12H16N2OS/c1-8-2-3-10(13)11(4-8)14-6-9(7-16)5-12(14)15/h2-4,9,16H,5-7,13H2,1H3. The van der Waals surface area contributed by atoms with Crippen LogP contribution in [0.5, 0.6) is 0 Å². The lowest BCUT2D eigenvalue weighted by Gasteiger charge is -2.19. The summed E-state index contributed by atoms with van der Waals surface area (Å²) in [5.41, 5.74) is 8.53. The molecule has 0 bridgehead atoms. The molecule has 1 amide bonds. The van der Waals surface area contributed by atoms with E-state index in [0.29, 0.717) is 18.0 Å². The van der Waals surface area contributed by atoms with Crippen LogP contribution in [-0.2, 0) is 4.79 Å². The van der Waals surface area contributed by atoms with Crippen molar-refractivity contribution in [3.05, 3.63) is 23.8 Å². The van der Waals surface area contributed by atoms with Gasteiger partial charge in [0.1, 0.15) is 0 Å². The molecule has 0 spiro atoms. The highest BCUT2D eigenvalue weighted by molar-refractivity contribution is 7.80. The summed E-state index contributed by atoms with van der Waals surface area (Å²) in [5.74, 6) is 1.24. The molecule has 3 nitrogen and oxygen atoms in total. The molecule has 1 aromatic rings. The van der Waals surface area contributed by atoms with Crippen LogP contribution in [0.25, 0.3) is 0 Å². The largest absolute Gasteiger partial charge is 0.397 e. The third kappa shape index (κ3) is 2.02. The Labute approximate surface area is 101 Å². The van der Waals surface area contributed by atoms with Gasteiger partial charge < -0.3 is 10.6 Å². The zero-order valence-electron chi connectivity index (χ0n) is 9.31. The lowest BCUT2D eigenvalue weighted by molar-refractivity contribution is -0.117. The molecule has 86 valence electrons. The van der Waals surface area contributed by atoms with Crippen molar-refractivity contribution in [1.82, 2.24) is 0 Å². The molecular weight excluding hydrogens is 220 g/mol. The molecule has 2 N–H and O–H groups in total. The summed E-state index contributed by atoms with van der Waals surface area (Å²) in [6.07, 6.45) is 0.580. The molecule has 4 heteroatoms. The van der Waals surface area contributed by atoms with E-state index in [1.54, 1.807) is 4.90 Å². The molecule has 1 atom stereocenters. The van der Waals surface area contributed by atoms with Crippen LogP contribution < -0.4 is 10.6 Å². The lowest BCUT2D eigenvalue weighted by Crippen LogP contribution is -2.25. The van der Waals surface area contributed by atoms with E-state index in [-0.39, 0.29) is 5.91 Å². The number of thiol groups is 1. The van der Waals surface area contributed by atoms with Crippen molar-refractivity contribution >= 4 is 29.9 Å². The molecule has 0 saturated carbocycles. The number of nitrogens with two attached hydrogens (primary N) is 1. The second kappa shape index (κ2) is 4.37. The Kier molecular flexibility index (Phi) is 3.10. The van der Waals surface area contributed by atoms with Gasteiger partial charge in [-0.15, -0.1) is 0 Å². The maximum atomic E-state index is 11.8. The highest BCUT2D eigenvalue weighted by Crippen LogP contribution is 2.30. The van der Waals surface area contributed by atoms with Crippen LogP contribution >= 0.6 is 12.6 Å². The monoisotopic (exact) mass is 236 g/mol. The van der Waals surface area contributed by atoms with Gasteiger partial charge in [0, 0.05) is 13.0 Å². The van der Waals surface area contributed by atoms with E-state index >= 15 is 0 Å². The number of rotatable bonds is 2. The van der Waals surface area contributed by atoms with Crippen molar-refractivity contribution < 1.29 is 4.79 Å². The van der Waals surface area contributed by atoms with Crippen molar-refractivity contribution in [3.63, 3.8) is 0 Å². The van der Waals surface area contributed by atoms with Crippen molar-refractivity contribution in [2.75, 3.05) is 22.9 Å². The minimum Gasteiger partial charge on any atom is -0.397 e. The quantitative estimate of drug-likeness (QED) is 0.608. The summed E-state index contributed by atoms with van der Waals surface area (Å²) in [5, 5.41) is 0. The molecule has 0 radical (unpaired) electrons. The summed E-state index contributed by atoms with van der Waals surface area (Å²) in [4.78, 5) is 13.6. The van der Waals surface area contributed by atoms with Crippen LogP contribution in [0.4, 0.5) is 11.4 Å². The van der Waals surface area contributed by atoms with E-state index < -0.39 is 0 Å². The Balaban J connectivity index is 2.30. The molecule has 16 heavy (non-hydrogen) atoms. The minimum absolute atomic E-state index is 0.149. The molecule has 0 aromatic heterocycles.